The van der Waals surface area contributed by atoms with Gasteiger partial charge in [0, 0.05) is 26.8 Å². The molecule has 0 aliphatic carbocycles. The van der Waals surface area contributed by atoms with E-state index in [4.69, 9.17) is 5.11 Å². The molecule has 0 radical (unpaired) electrons. The first-order valence-corrected chi connectivity index (χ1v) is 5.27. The number of carbonyl (C=O) groups excluding carboxylic acids is 1. The van der Waals surface area contributed by atoms with E-state index in [9.17, 15) is 14.0 Å². The second-order valence-corrected chi connectivity index (χ2v) is 4.11. The van der Waals surface area contributed by atoms with Crippen molar-refractivity contribution < 1.29 is 19.1 Å². The molecule has 0 fully saturated rings. The molecule has 0 aliphatic rings. The van der Waals surface area contributed by atoms with Crippen molar-refractivity contribution in [2.45, 2.75) is 0 Å². The third-order valence-corrected chi connectivity index (χ3v) is 2.42. The van der Waals surface area contributed by atoms with E-state index in [1.54, 1.807) is 25.1 Å². The predicted octanol–water partition coefficient (Wildman–Crippen LogP) is 1.05. The maximum Gasteiger partial charge on any atom is 0.323 e. The summed E-state index contributed by atoms with van der Waals surface area (Å²) < 4.78 is 13.7. The maximum absolute atomic E-state index is 13.7. The minimum absolute atomic E-state index is 0.135. The van der Waals surface area contributed by atoms with Gasteiger partial charge >= 0.3 is 5.97 Å². The van der Waals surface area contributed by atoms with Crippen LogP contribution in [-0.2, 0) is 4.79 Å². The molecule has 1 aromatic rings. The number of rotatable bonds is 4. The van der Waals surface area contributed by atoms with Crippen LogP contribution in [-0.4, -0.2) is 49.6 Å². The van der Waals surface area contributed by atoms with Gasteiger partial charge in [0.15, 0.2) is 0 Å². The first-order valence-electron chi connectivity index (χ1n) is 5.27. The fourth-order valence-corrected chi connectivity index (χ4v) is 1.44. The van der Waals surface area contributed by atoms with Gasteiger partial charge < -0.3 is 14.9 Å². The fourth-order valence-electron chi connectivity index (χ4n) is 1.44. The van der Waals surface area contributed by atoms with Gasteiger partial charge in [-0.05, 0) is 18.2 Å². The van der Waals surface area contributed by atoms with E-state index < -0.39 is 24.2 Å². The Morgan fingerprint density at radius 2 is 1.89 bits per heavy atom. The molecule has 6 heteroatoms. The average Bonchev–Trinajstić information content (AvgIpc) is 2.26. The van der Waals surface area contributed by atoms with Crippen molar-refractivity contribution in [3.05, 3.63) is 29.6 Å². The molecule has 0 spiro atoms. The number of aliphatic carboxylic acids is 1. The maximum atomic E-state index is 13.7. The molecule has 0 bridgehead atoms. The summed E-state index contributed by atoms with van der Waals surface area (Å²) in [5.74, 6) is -2.46. The zero-order chi connectivity index (χ0) is 13.9. The van der Waals surface area contributed by atoms with Crippen LogP contribution < -0.4 is 4.90 Å². The Kier molecular flexibility index (Phi) is 4.25. The lowest BCUT2D eigenvalue weighted by Crippen LogP contribution is -2.32. The minimum atomic E-state index is -1.14. The molecule has 0 atom stereocenters. The lowest BCUT2D eigenvalue weighted by atomic mass is 10.1. The van der Waals surface area contributed by atoms with E-state index in [0.717, 1.165) is 4.90 Å². The lowest BCUT2D eigenvalue weighted by Gasteiger charge is -2.17. The van der Waals surface area contributed by atoms with Gasteiger partial charge in [-0.3, -0.25) is 9.59 Å². The first kappa shape index (κ1) is 14.0. The van der Waals surface area contributed by atoms with Crippen molar-refractivity contribution in [1.29, 1.82) is 0 Å². The summed E-state index contributed by atoms with van der Waals surface area (Å²) in [4.78, 5) is 24.9. The van der Waals surface area contributed by atoms with Crippen LogP contribution in [0.5, 0.6) is 0 Å². The van der Waals surface area contributed by atoms with Crippen molar-refractivity contribution in [1.82, 2.24) is 4.90 Å². The smallest absolute Gasteiger partial charge is 0.323 e. The molecule has 1 aromatic carbocycles. The Bertz CT molecular complexity index is 474. The van der Waals surface area contributed by atoms with E-state index in [1.807, 2.05) is 0 Å². The number of anilines is 1. The van der Waals surface area contributed by atoms with Crippen molar-refractivity contribution in [3.8, 4) is 0 Å². The molecule has 0 saturated carbocycles. The molecule has 98 valence electrons. The molecule has 18 heavy (non-hydrogen) atoms. The van der Waals surface area contributed by atoms with Crippen LogP contribution >= 0.6 is 0 Å². The minimum Gasteiger partial charge on any atom is -0.480 e. The Balaban J connectivity index is 2.96. The monoisotopic (exact) mass is 254 g/mol. The first-order chi connectivity index (χ1) is 8.32. The number of carbonyl (C=O) groups is 2. The number of likely N-dealkylation sites (N-methyl/N-ethyl adjacent to an activating group) is 1. The van der Waals surface area contributed by atoms with Gasteiger partial charge in [0.25, 0.3) is 5.91 Å². The standard InChI is InChI=1S/C12H15FN2O3/c1-14(2)8-4-5-9(10(13)6-8)12(18)15(3)7-11(16)17/h4-6H,7H2,1-3H3,(H,16,17). The molecule has 0 aliphatic heterocycles. The number of hydrogen-bond acceptors (Lipinski definition) is 3. The molecule has 0 aromatic heterocycles. The summed E-state index contributed by atoms with van der Waals surface area (Å²) in [7, 11) is 4.83. The number of benzene rings is 1. The van der Waals surface area contributed by atoms with E-state index in [1.165, 1.54) is 19.2 Å². The number of halogens is 1. The van der Waals surface area contributed by atoms with E-state index >= 15 is 0 Å². The Labute approximate surface area is 104 Å². The summed E-state index contributed by atoms with van der Waals surface area (Å²) in [6.07, 6.45) is 0. The summed E-state index contributed by atoms with van der Waals surface area (Å²) in [6, 6.07) is 4.19. The Morgan fingerprint density at radius 1 is 1.28 bits per heavy atom. The summed E-state index contributed by atoms with van der Waals surface area (Å²) in [5.41, 5.74) is 0.495. The number of carboxylic acids is 1. The van der Waals surface area contributed by atoms with Crippen LogP contribution in [0, 0.1) is 5.82 Å². The molecule has 0 heterocycles. The van der Waals surface area contributed by atoms with Gasteiger partial charge in [0.1, 0.15) is 12.4 Å². The third kappa shape index (κ3) is 3.19. The van der Waals surface area contributed by atoms with Gasteiger partial charge in [-0.1, -0.05) is 0 Å². The number of amides is 1. The van der Waals surface area contributed by atoms with Crippen LogP contribution in [0.2, 0.25) is 0 Å². The zero-order valence-electron chi connectivity index (χ0n) is 10.5. The van der Waals surface area contributed by atoms with Gasteiger partial charge in [-0.2, -0.15) is 0 Å². The lowest BCUT2D eigenvalue weighted by molar-refractivity contribution is -0.137. The SMILES string of the molecule is CN(CC(=O)O)C(=O)c1ccc(N(C)C)cc1F. The van der Waals surface area contributed by atoms with Gasteiger partial charge in [-0.25, -0.2) is 4.39 Å². The van der Waals surface area contributed by atoms with Crippen LogP contribution in [0.4, 0.5) is 10.1 Å². The summed E-state index contributed by atoms with van der Waals surface area (Å²) >= 11 is 0. The predicted molar refractivity (Wildman–Crippen MR) is 65.3 cm³/mol. The summed E-state index contributed by atoms with van der Waals surface area (Å²) in [5, 5.41) is 8.57. The summed E-state index contributed by atoms with van der Waals surface area (Å²) in [6.45, 7) is -0.465. The second kappa shape index (κ2) is 5.48. The fraction of sp³-hybridized carbons (Fsp3) is 0.333. The molecule has 0 unspecified atom stereocenters. The highest BCUT2D eigenvalue weighted by molar-refractivity contribution is 5.96. The molecular weight excluding hydrogens is 239 g/mol. The van der Waals surface area contributed by atoms with Crippen LogP contribution in [0.15, 0.2) is 18.2 Å². The van der Waals surface area contributed by atoms with Crippen LogP contribution in [0.3, 0.4) is 0 Å². The third-order valence-electron chi connectivity index (χ3n) is 2.42. The number of carboxylic acid groups (broad SMARTS) is 1. The average molecular weight is 254 g/mol. The number of hydrogen-bond donors (Lipinski definition) is 1. The number of nitrogens with zero attached hydrogens (tertiary/aromatic N) is 2. The largest absolute Gasteiger partial charge is 0.480 e. The van der Waals surface area contributed by atoms with E-state index in [-0.39, 0.29) is 5.56 Å². The Hall–Kier alpha value is -2.11. The van der Waals surface area contributed by atoms with Crippen LogP contribution in [0.25, 0.3) is 0 Å². The van der Waals surface area contributed by atoms with Crippen molar-refractivity contribution in [2.75, 3.05) is 32.6 Å². The zero-order valence-corrected chi connectivity index (χ0v) is 10.5. The molecule has 1 amide bonds. The van der Waals surface area contributed by atoms with Gasteiger partial charge in [0.05, 0.1) is 5.56 Å². The molecule has 1 rings (SSSR count). The normalized spacial score (nSPS) is 10.0. The highest BCUT2D eigenvalue weighted by atomic mass is 19.1. The van der Waals surface area contributed by atoms with Crippen LogP contribution in [0.1, 0.15) is 10.4 Å². The van der Waals surface area contributed by atoms with Gasteiger partial charge in [0.2, 0.25) is 0 Å². The Morgan fingerprint density at radius 3 is 2.33 bits per heavy atom. The highest BCUT2D eigenvalue weighted by Gasteiger charge is 2.18. The topological polar surface area (TPSA) is 60.9 Å². The second-order valence-electron chi connectivity index (χ2n) is 4.11. The van der Waals surface area contributed by atoms with Crippen molar-refractivity contribution in [2.24, 2.45) is 0 Å². The molecule has 0 saturated heterocycles. The van der Waals surface area contributed by atoms with Gasteiger partial charge in [-0.15, -0.1) is 0 Å². The molecule has 5 nitrogen and oxygen atoms in total. The quantitative estimate of drug-likeness (QED) is 0.872. The molecule has 1 N–H and O–H groups in total. The van der Waals surface area contributed by atoms with Crippen molar-refractivity contribution >= 4 is 17.6 Å². The molecular formula is C12H15FN2O3. The highest BCUT2D eigenvalue weighted by Crippen LogP contribution is 2.17. The van der Waals surface area contributed by atoms with Crippen molar-refractivity contribution in [3.63, 3.8) is 0 Å². The van der Waals surface area contributed by atoms with E-state index in [2.05, 4.69) is 0 Å². The van der Waals surface area contributed by atoms with E-state index in [0.29, 0.717) is 5.69 Å².